The van der Waals surface area contributed by atoms with Crippen LogP contribution in [0.5, 0.6) is 0 Å². The minimum absolute atomic E-state index is 0.201. The van der Waals surface area contributed by atoms with Gasteiger partial charge < -0.3 is 14.6 Å². The molecular weight excluding hydrogens is 677 g/mol. The van der Waals surface area contributed by atoms with Gasteiger partial charge in [0.25, 0.3) is 0 Å². The predicted molar refractivity (Wildman–Crippen MR) is 241 cm³/mol. The topological polar surface area (TPSA) is 55.8 Å². The van der Waals surface area contributed by atoms with Gasteiger partial charge in [-0.3, -0.25) is 4.79 Å². The first-order valence-electron chi connectivity index (χ1n) is 22.5. The summed E-state index contributed by atoms with van der Waals surface area (Å²) in [4.78, 5) is 12.2. The maximum absolute atomic E-state index is 12.2. The van der Waals surface area contributed by atoms with E-state index in [2.05, 4.69) is 123 Å². The number of hydrogen-bond acceptors (Lipinski definition) is 4. The fraction of sp³-hybridized carbons (Fsp3) is 0.627. The molecule has 0 amide bonds. The molecule has 1 unspecified atom stereocenters. The van der Waals surface area contributed by atoms with E-state index in [1.807, 2.05) is 0 Å². The smallest absolute Gasteiger partial charge is 0.306 e. The Labute approximate surface area is 340 Å². The summed E-state index contributed by atoms with van der Waals surface area (Å²) in [6.45, 7) is 5.14. The highest BCUT2D eigenvalue weighted by molar-refractivity contribution is 5.69. The van der Waals surface area contributed by atoms with Crippen LogP contribution in [0.1, 0.15) is 181 Å². The van der Waals surface area contributed by atoms with E-state index in [0.29, 0.717) is 13.0 Å². The Hall–Kier alpha value is -2.95. The lowest BCUT2D eigenvalue weighted by Crippen LogP contribution is -2.27. The van der Waals surface area contributed by atoms with Crippen LogP contribution in [0.2, 0.25) is 0 Å². The zero-order valence-electron chi connectivity index (χ0n) is 35.6. The minimum atomic E-state index is -0.571. The Bertz CT molecular complexity index is 1070. The van der Waals surface area contributed by atoms with Crippen LogP contribution in [0.15, 0.2) is 109 Å². The van der Waals surface area contributed by atoms with Crippen molar-refractivity contribution in [2.75, 3.05) is 19.8 Å². The summed E-state index contributed by atoms with van der Waals surface area (Å²) in [6, 6.07) is 0. The van der Waals surface area contributed by atoms with Crippen LogP contribution in [0.4, 0.5) is 0 Å². The van der Waals surface area contributed by atoms with Gasteiger partial charge >= 0.3 is 5.97 Å². The lowest BCUT2D eigenvalue weighted by atomic mass is 10.1. The van der Waals surface area contributed by atoms with E-state index in [1.165, 1.54) is 77.0 Å². The summed E-state index contributed by atoms with van der Waals surface area (Å²) in [6.07, 6.45) is 68.7. The van der Waals surface area contributed by atoms with Crippen molar-refractivity contribution in [1.82, 2.24) is 0 Å². The highest BCUT2D eigenvalue weighted by atomic mass is 16.6. The summed E-state index contributed by atoms with van der Waals surface area (Å²) >= 11 is 0. The van der Waals surface area contributed by atoms with E-state index in [4.69, 9.17) is 9.47 Å². The van der Waals surface area contributed by atoms with Crippen molar-refractivity contribution in [3.63, 3.8) is 0 Å². The van der Waals surface area contributed by atoms with E-state index < -0.39 is 6.10 Å². The molecule has 4 nitrogen and oxygen atoms in total. The maximum atomic E-state index is 12.2. The molecule has 0 aromatic heterocycles. The van der Waals surface area contributed by atoms with Gasteiger partial charge in [0.05, 0.1) is 13.2 Å². The molecule has 312 valence electrons. The Balaban J connectivity index is 3.59. The summed E-state index contributed by atoms with van der Waals surface area (Å²) in [5, 5.41) is 9.61. The van der Waals surface area contributed by atoms with Gasteiger partial charge in [0, 0.05) is 13.0 Å². The highest BCUT2D eigenvalue weighted by Gasteiger charge is 2.13. The molecule has 1 atom stereocenters. The van der Waals surface area contributed by atoms with Gasteiger partial charge in [0.1, 0.15) is 6.10 Å². The van der Waals surface area contributed by atoms with Crippen LogP contribution in [0.3, 0.4) is 0 Å². The number of carbonyl (C=O) groups is 1. The number of hydrogen-bond donors (Lipinski definition) is 1. The summed E-state index contributed by atoms with van der Waals surface area (Å²) in [7, 11) is 0. The van der Waals surface area contributed by atoms with Gasteiger partial charge in [-0.25, -0.2) is 0 Å². The molecule has 0 saturated carbocycles. The molecule has 0 heterocycles. The molecule has 0 radical (unpaired) electrons. The third-order valence-corrected chi connectivity index (χ3v) is 9.08. The molecule has 0 spiro atoms. The molecule has 0 fully saturated rings. The first kappa shape index (κ1) is 52.1. The van der Waals surface area contributed by atoms with Crippen molar-refractivity contribution in [3.8, 4) is 0 Å². The van der Waals surface area contributed by atoms with Crippen molar-refractivity contribution in [2.24, 2.45) is 0 Å². The van der Waals surface area contributed by atoms with Gasteiger partial charge in [0.15, 0.2) is 0 Å². The Morgan fingerprint density at radius 1 is 0.455 bits per heavy atom. The zero-order chi connectivity index (χ0) is 39.8. The number of esters is 1. The lowest BCUT2D eigenvalue weighted by molar-refractivity contribution is -0.154. The van der Waals surface area contributed by atoms with E-state index in [-0.39, 0.29) is 19.2 Å². The largest absolute Gasteiger partial charge is 0.457 e. The molecule has 4 heteroatoms. The first-order chi connectivity index (χ1) is 27.2. The normalized spacial score (nSPS) is 13.4. The number of carbonyl (C=O) groups excluding carboxylic acids is 1. The molecule has 0 rings (SSSR count). The fourth-order valence-electron chi connectivity index (χ4n) is 5.75. The van der Waals surface area contributed by atoms with Crippen molar-refractivity contribution < 1.29 is 19.4 Å². The molecule has 0 saturated heterocycles. The maximum Gasteiger partial charge on any atom is 0.306 e. The van der Waals surface area contributed by atoms with Gasteiger partial charge in [-0.15, -0.1) is 0 Å². The molecule has 55 heavy (non-hydrogen) atoms. The van der Waals surface area contributed by atoms with Crippen LogP contribution >= 0.6 is 0 Å². The summed E-state index contributed by atoms with van der Waals surface area (Å²) in [5.41, 5.74) is 0. The van der Waals surface area contributed by atoms with Crippen molar-refractivity contribution in [2.45, 2.75) is 187 Å². The predicted octanol–water partition coefficient (Wildman–Crippen LogP) is 15.1. The van der Waals surface area contributed by atoms with Crippen molar-refractivity contribution in [3.05, 3.63) is 109 Å². The molecular formula is C51H84O4. The highest BCUT2D eigenvalue weighted by Crippen LogP contribution is 2.11. The monoisotopic (exact) mass is 761 g/mol. The molecule has 0 aliphatic heterocycles. The van der Waals surface area contributed by atoms with Gasteiger partial charge in [-0.1, -0.05) is 181 Å². The van der Waals surface area contributed by atoms with Crippen molar-refractivity contribution >= 4 is 5.97 Å². The third kappa shape index (κ3) is 45.3. The summed E-state index contributed by atoms with van der Waals surface area (Å²) < 4.78 is 11.1. The number of aliphatic hydroxyl groups excluding tert-OH is 1. The SMILES string of the molecule is CC/C=C\C/C=C\C/C=C\C/C=C\C/C=C\C/C=C\CCCCC(=O)OC(CO)COCCCCCCCCC/C=C\C/C=C\C/C=C\CCCCCCC. The number of allylic oxidation sites excluding steroid dienone is 18. The quantitative estimate of drug-likeness (QED) is 0.0384. The van der Waals surface area contributed by atoms with E-state index in [1.54, 1.807) is 0 Å². The Kier molecular flexibility index (Phi) is 44.7. The molecule has 0 aromatic rings. The van der Waals surface area contributed by atoms with Crippen LogP contribution < -0.4 is 0 Å². The van der Waals surface area contributed by atoms with E-state index in [9.17, 15) is 9.90 Å². The number of rotatable bonds is 40. The Morgan fingerprint density at radius 2 is 0.818 bits per heavy atom. The lowest BCUT2D eigenvalue weighted by Gasteiger charge is -2.15. The van der Waals surface area contributed by atoms with Crippen LogP contribution in [-0.2, 0) is 14.3 Å². The Morgan fingerprint density at radius 3 is 1.24 bits per heavy atom. The second-order valence-corrected chi connectivity index (χ2v) is 14.4. The standard InChI is InChI=1S/C51H84O4/c1-3-5-7-9-11-13-15-17-19-21-23-25-27-29-31-33-35-37-39-41-43-45-47-54-49-50(48-52)55-51(53)46-44-42-40-38-36-34-32-30-28-26-24-22-20-18-16-14-12-10-8-6-4-2/h6,8,12,14-15,17-18,20-21,23-24,26-27,29-30,32,36,38,50,52H,3-5,7,9-11,13,16,19,22,25,28,31,33-35,37,39-49H2,1-2H3/b8-6-,14-12-,17-15-,20-18-,23-21-,26-24-,29-27-,32-30-,38-36-. The van der Waals surface area contributed by atoms with Crippen LogP contribution in [0.25, 0.3) is 0 Å². The third-order valence-electron chi connectivity index (χ3n) is 9.08. The van der Waals surface area contributed by atoms with Gasteiger partial charge in [0.2, 0.25) is 0 Å². The molecule has 0 aromatic carbocycles. The number of unbranched alkanes of at least 4 members (excludes halogenated alkanes) is 14. The average molecular weight is 761 g/mol. The molecule has 0 aliphatic rings. The number of aliphatic hydroxyl groups is 1. The second kappa shape index (κ2) is 47.2. The van der Waals surface area contributed by atoms with Crippen LogP contribution in [-0.4, -0.2) is 37.0 Å². The summed E-state index contributed by atoms with van der Waals surface area (Å²) in [5.74, 6) is -0.250. The van der Waals surface area contributed by atoms with Gasteiger partial charge in [-0.2, -0.15) is 0 Å². The number of ether oxygens (including phenoxy) is 2. The first-order valence-corrected chi connectivity index (χ1v) is 22.5. The van der Waals surface area contributed by atoms with E-state index in [0.717, 1.165) is 83.5 Å². The van der Waals surface area contributed by atoms with Crippen LogP contribution in [0, 0.1) is 0 Å². The average Bonchev–Trinajstić information content (AvgIpc) is 3.19. The van der Waals surface area contributed by atoms with E-state index >= 15 is 0 Å². The molecule has 0 aliphatic carbocycles. The fourth-order valence-corrected chi connectivity index (χ4v) is 5.75. The minimum Gasteiger partial charge on any atom is -0.457 e. The van der Waals surface area contributed by atoms with Crippen molar-refractivity contribution in [1.29, 1.82) is 0 Å². The zero-order valence-corrected chi connectivity index (χ0v) is 35.6. The molecule has 1 N–H and O–H groups in total. The second-order valence-electron chi connectivity index (χ2n) is 14.4. The molecule has 0 bridgehead atoms. The van der Waals surface area contributed by atoms with Gasteiger partial charge in [-0.05, 0) is 103 Å².